The average molecular weight is 256 g/mol. The number of nitrogens with zero attached hydrogens (tertiary/aromatic N) is 1. The summed E-state index contributed by atoms with van der Waals surface area (Å²) in [4.78, 5) is 24.5. The summed E-state index contributed by atoms with van der Waals surface area (Å²) < 4.78 is 5.38. The fourth-order valence-electron chi connectivity index (χ4n) is 2.52. The summed E-state index contributed by atoms with van der Waals surface area (Å²) in [5, 5.41) is 11.9. The van der Waals surface area contributed by atoms with Crippen LogP contribution in [0.15, 0.2) is 0 Å². The van der Waals surface area contributed by atoms with Gasteiger partial charge in [-0.3, -0.25) is 4.79 Å². The van der Waals surface area contributed by atoms with E-state index in [-0.39, 0.29) is 11.6 Å². The van der Waals surface area contributed by atoms with Gasteiger partial charge in [0, 0.05) is 19.7 Å². The minimum atomic E-state index is -0.822. The molecule has 2 heterocycles. The maximum absolute atomic E-state index is 12.1. The number of carboxylic acids is 1. The number of aliphatic carboxylic acids is 1. The average Bonchev–Trinajstić information content (AvgIpc) is 2.78. The van der Waals surface area contributed by atoms with Crippen molar-refractivity contribution < 1.29 is 19.4 Å². The van der Waals surface area contributed by atoms with Crippen molar-refractivity contribution in [2.45, 2.75) is 31.7 Å². The van der Waals surface area contributed by atoms with E-state index >= 15 is 0 Å². The molecule has 2 atom stereocenters. The number of rotatable bonds is 2. The second-order valence-corrected chi connectivity index (χ2v) is 5.42. The van der Waals surface area contributed by atoms with Crippen molar-refractivity contribution in [1.29, 1.82) is 0 Å². The summed E-state index contributed by atoms with van der Waals surface area (Å²) in [7, 11) is 0. The van der Waals surface area contributed by atoms with E-state index in [1.807, 2.05) is 6.92 Å². The number of hydrogen-bond donors (Lipinski definition) is 2. The Hall–Kier alpha value is -1.30. The lowest BCUT2D eigenvalue weighted by Gasteiger charge is -2.35. The standard InChI is InChI=1S/C12H20N2O4/c1-12(4-2-6-18-8-12)13-11(17)14-5-3-9(7-14)10(15)16/h9H,2-8H2,1H3,(H,13,17)(H,15,16). The van der Waals surface area contributed by atoms with Crippen LogP contribution in [0, 0.1) is 5.92 Å². The van der Waals surface area contributed by atoms with Gasteiger partial charge in [-0.05, 0) is 26.2 Å². The Balaban J connectivity index is 1.87. The highest BCUT2D eigenvalue weighted by Crippen LogP contribution is 2.21. The Morgan fingerprint density at radius 2 is 2.28 bits per heavy atom. The molecule has 2 saturated heterocycles. The number of likely N-dealkylation sites (tertiary alicyclic amines) is 1. The molecule has 18 heavy (non-hydrogen) atoms. The third-order valence-corrected chi connectivity index (χ3v) is 3.67. The Bertz CT molecular complexity index is 339. The van der Waals surface area contributed by atoms with Gasteiger partial charge in [-0.2, -0.15) is 0 Å². The number of hydrogen-bond acceptors (Lipinski definition) is 3. The van der Waals surface area contributed by atoms with Crippen LogP contribution in [0.4, 0.5) is 4.79 Å². The van der Waals surface area contributed by atoms with E-state index in [0.29, 0.717) is 26.1 Å². The monoisotopic (exact) mass is 256 g/mol. The SMILES string of the molecule is CC1(NC(=O)N2CCC(C(=O)O)C2)CCCOC1. The van der Waals surface area contributed by atoms with Crippen molar-refractivity contribution in [3.63, 3.8) is 0 Å². The van der Waals surface area contributed by atoms with E-state index in [2.05, 4.69) is 5.32 Å². The van der Waals surface area contributed by atoms with Crippen LogP contribution in [0.2, 0.25) is 0 Å². The lowest BCUT2D eigenvalue weighted by Crippen LogP contribution is -2.55. The second kappa shape index (κ2) is 5.14. The van der Waals surface area contributed by atoms with Crippen molar-refractivity contribution >= 4 is 12.0 Å². The maximum Gasteiger partial charge on any atom is 0.317 e. The summed E-state index contributed by atoms with van der Waals surface area (Å²) in [6, 6.07) is -0.174. The number of carbonyl (C=O) groups excluding carboxylic acids is 1. The van der Waals surface area contributed by atoms with Crippen molar-refractivity contribution in [2.24, 2.45) is 5.92 Å². The fourth-order valence-corrected chi connectivity index (χ4v) is 2.52. The van der Waals surface area contributed by atoms with Gasteiger partial charge >= 0.3 is 12.0 Å². The predicted octanol–water partition coefficient (Wildman–Crippen LogP) is 0.672. The largest absolute Gasteiger partial charge is 0.481 e. The molecule has 102 valence electrons. The normalized spacial score (nSPS) is 32.3. The van der Waals surface area contributed by atoms with Crippen LogP contribution in [-0.4, -0.2) is 53.8 Å². The summed E-state index contributed by atoms with van der Waals surface area (Å²) in [5.41, 5.74) is -0.323. The van der Waals surface area contributed by atoms with Crippen molar-refractivity contribution in [2.75, 3.05) is 26.3 Å². The summed E-state index contributed by atoms with van der Waals surface area (Å²) in [5.74, 6) is -1.25. The third kappa shape index (κ3) is 2.93. The molecule has 2 aliphatic rings. The zero-order valence-electron chi connectivity index (χ0n) is 10.6. The highest BCUT2D eigenvalue weighted by Gasteiger charge is 2.35. The Morgan fingerprint density at radius 3 is 2.83 bits per heavy atom. The molecule has 0 radical (unpaired) electrons. The Labute approximate surface area is 106 Å². The lowest BCUT2D eigenvalue weighted by molar-refractivity contribution is -0.141. The number of urea groups is 1. The molecule has 2 N–H and O–H groups in total. The van der Waals surface area contributed by atoms with Gasteiger partial charge in [0.1, 0.15) is 0 Å². The van der Waals surface area contributed by atoms with Gasteiger partial charge in [0.25, 0.3) is 0 Å². The molecule has 0 aromatic heterocycles. The molecule has 6 heteroatoms. The van der Waals surface area contributed by atoms with E-state index in [1.165, 1.54) is 0 Å². The van der Waals surface area contributed by atoms with Gasteiger partial charge in [-0.25, -0.2) is 4.79 Å². The predicted molar refractivity (Wildman–Crippen MR) is 64.3 cm³/mol. The van der Waals surface area contributed by atoms with Gasteiger partial charge in [-0.1, -0.05) is 0 Å². The molecule has 0 aliphatic carbocycles. The summed E-state index contributed by atoms with van der Waals surface area (Å²) in [6.45, 7) is 4.05. The molecule has 2 unspecified atom stereocenters. The molecule has 6 nitrogen and oxygen atoms in total. The third-order valence-electron chi connectivity index (χ3n) is 3.67. The zero-order valence-corrected chi connectivity index (χ0v) is 10.6. The van der Waals surface area contributed by atoms with Crippen molar-refractivity contribution in [3.05, 3.63) is 0 Å². The highest BCUT2D eigenvalue weighted by molar-refractivity contribution is 5.78. The molecule has 0 saturated carbocycles. The number of amides is 2. The molecule has 0 spiro atoms. The molecule has 0 aromatic carbocycles. The van der Waals surface area contributed by atoms with Crippen LogP contribution in [0.1, 0.15) is 26.2 Å². The number of carbonyl (C=O) groups is 2. The smallest absolute Gasteiger partial charge is 0.317 e. The molecular formula is C12H20N2O4. The first kappa shape index (κ1) is 13.1. The van der Waals surface area contributed by atoms with Crippen LogP contribution < -0.4 is 5.32 Å². The Morgan fingerprint density at radius 1 is 1.50 bits per heavy atom. The van der Waals surface area contributed by atoms with E-state index in [9.17, 15) is 9.59 Å². The maximum atomic E-state index is 12.1. The van der Waals surface area contributed by atoms with E-state index in [4.69, 9.17) is 9.84 Å². The van der Waals surface area contributed by atoms with Crippen molar-refractivity contribution in [1.82, 2.24) is 10.2 Å². The molecule has 2 aliphatic heterocycles. The Kier molecular flexibility index (Phi) is 3.75. The fraction of sp³-hybridized carbons (Fsp3) is 0.833. The van der Waals surface area contributed by atoms with Crippen molar-refractivity contribution in [3.8, 4) is 0 Å². The minimum absolute atomic E-state index is 0.174. The first-order chi connectivity index (χ1) is 8.50. The minimum Gasteiger partial charge on any atom is -0.481 e. The van der Waals surface area contributed by atoms with Crippen LogP contribution in [-0.2, 0) is 9.53 Å². The zero-order chi connectivity index (χ0) is 13.2. The van der Waals surface area contributed by atoms with Crippen LogP contribution in [0.25, 0.3) is 0 Å². The van der Waals surface area contributed by atoms with Gasteiger partial charge in [0.2, 0.25) is 0 Å². The first-order valence-electron chi connectivity index (χ1n) is 6.38. The van der Waals surface area contributed by atoms with Gasteiger partial charge in [-0.15, -0.1) is 0 Å². The second-order valence-electron chi connectivity index (χ2n) is 5.42. The van der Waals surface area contributed by atoms with Gasteiger partial charge in [0.15, 0.2) is 0 Å². The molecule has 2 rings (SSSR count). The molecular weight excluding hydrogens is 236 g/mol. The van der Waals surface area contributed by atoms with E-state index < -0.39 is 11.9 Å². The van der Waals surface area contributed by atoms with Crippen LogP contribution >= 0.6 is 0 Å². The molecule has 2 fully saturated rings. The first-order valence-corrected chi connectivity index (χ1v) is 6.38. The molecule has 2 amide bonds. The quantitative estimate of drug-likeness (QED) is 0.761. The lowest BCUT2D eigenvalue weighted by atomic mass is 9.95. The van der Waals surface area contributed by atoms with Crippen LogP contribution in [0.3, 0.4) is 0 Å². The topological polar surface area (TPSA) is 78.9 Å². The number of nitrogens with one attached hydrogen (secondary N) is 1. The number of ether oxygens (including phenoxy) is 1. The number of carboxylic acid groups (broad SMARTS) is 1. The highest BCUT2D eigenvalue weighted by atomic mass is 16.5. The van der Waals surface area contributed by atoms with Crippen LogP contribution in [0.5, 0.6) is 0 Å². The van der Waals surface area contributed by atoms with Gasteiger partial charge < -0.3 is 20.1 Å². The molecule has 0 aromatic rings. The van der Waals surface area contributed by atoms with E-state index in [1.54, 1.807) is 4.90 Å². The summed E-state index contributed by atoms with van der Waals surface area (Å²) >= 11 is 0. The van der Waals surface area contributed by atoms with E-state index in [0.717, 1.165) is 19.4 Å². The van der Waals surface area contributed by atoms with Gasteiger partial charge in [0.05, 0.1) is 18.1 Å². The summed E-state index contributed by atoms with van der Waals surface area (Å²) in [6.07, 6.45) is 2.37. The molecule has 0 bridgehead atoms.